The Morgan fingerprint density at radius 3 is 0.805 bits per heavy atom. The number of carboxylic acids is 1. The van der Waals surface area contributed by atoms with Crippen molar-refractivity contribution in [2.45, 2.75) is 225 Å². The van der Waals surface area contributed by atoms with Crippen LogP contribution in [0.5, 0.6) is 0 Å². The molecule has 0 rings (SSSR count). The van der Waals surface area contributed by atoms with Crippen LogP contribution in [-0.4, -0.2) is 24.3 Å². The maximum atomic E-state index is 10.5. The van der Waals surface area contributed by atoms with Gasteiger partial charge >= 0.3 is 5.97 Å². The minimum atomic E-state index is -0.649. The first-order valence-electron chi connectivity index (χ1n) is 19.1. The molecular weight excluding hydrogens is 504 g/mol. The largest absolute Gasteiger partial charge is 0.481 e. The first-order valence-corrected chi connectivity index (χ1v) is 19.1. The second-order valence-electron chi connectivity index (χ2n) is 13.1. The number of ether oxygens (including phenoxy) is 1. The number of hydrogen-bond acceptors (Lipinski definition) is 2. The van der Waals surface area contributed by atoms with Gasteiger partial charge < -0.3 is 9.84 Å². The van der Waals surface area contributed by atoms with E-state index < -0.39 is 5.97 Å². The fourth-order valence-electron chi connectivity index (χ4n) is 6.03. The molecular formula is C38H76O3. The predicted molar refractivity (Wildman–Crippen MR) is 181 cm³/mol. The maximum absolute atomic E-state index is 10.5. The minimum Gasteiger partial charge on any atom is -0.481 e. The van der Waals surface area contributed by atoms with Crippen molar-refractivity contribution < 1.29 is 14.6 Å². The van der Waals surface area contributed by atoms with Crippen LogP contribution < -0.4 is 0 Å². The van der Waals surface area contributed by atoms with Crippen molar-refractivity contribution in [3.8, 4) is 0 Å². The molecule has 1 N–H and O–H groups in total. The number of unbranched alkanes of at least 4 members (excludes halogenated alkanes) is 31. The Hall–Kier alpha value is -0.570. The molecule has 0 fully saturated rings. The molecule has 0 heterocycles. The van der Waals surface area contributed by atoms with Crippen LogP contribution in [0, 0.1) is 0 Å². The highest BCUT2D eigenvalue weighted by atomic mass is 16.5. The minimum absolute atomic E-state index is 0.345. The van der Waals surface area contributed by atoms with Gasteiger partial charge in [-0.1, -0.05) is 200 Å². The van der Waals surface area contributed by atoms with E-state index in [0.29, 0.717) is 6.42 Å². The zero-order valence-electron chi connectivity index (χ0n) is 28.2. The molecule has 0 saturated carbocycles. The van der Waals surface area contributed by atoms with Gasteiger partial charge in [0.2, 0.25) is 0 Å². The van der Waals surface area contributed by atoms with Gasteiger partial charge in [-0.3, -0.25) is 4.79 Å². The molecule has 0 amide bonds. The number of carboxylic acid groups (broad SMARTS) is 1. The fraction of sp³-hybridized carbons (Fsp3) is 0.974. The lowest BCUT2D eigenvalue weighted by Gasteiger charge is -2.05. The monoisotopic (exact) mass is 581 g/mol. The maximum Gasteiger partial charge on any atom is 0.303 e. The van der Waals surface area contributed by atoms with E-state index in [9.17, 15) is 4.79 Å². The summed E-state index contributed by atoms with van der Waals surface area (Å²) in [5, 5.41) is 8.64. The van der Waals surface area contributed by atoms with Gasteiger partial charge in [0.1, 0.15) is 0 Å². The first-order chi connectivity index (χ1) is 20.3. The molecule has 0 aromatic carbocycles. The fourth-order valence-corrected chi connectivity index (χ4v) is 6.03. The number of carbonyl (C=O) groups is 1. The molecule has 0 radical (unpaired) electrons. The highest BCUT2D eigenvalue weighted by molar-refractivity contribution is 5.66. The first kappa shape index (κ1) is 40.4. The molecule has 0 aliphatic heterocycles. The zero-order chi connectivity index (χ0) is 29.7. The normalized spacial score (nSPS) is 11.4. The third-order valence-corrected chi connectivity index (χ3v) is 8.78. The Bertz CT molecular complexity index is 478. The Kier molecular flexibility index (Phi) is 36.9. The van der Waals surface area contributed by atoms with E-state index in [-0.39, 0.29) is 0 Å². The average Bonchev–Trinajstić information content (AvgIpc) is 2.97. The number of hydrogen-bond donors (Lipinski definition) is 1. The summed E-state index contributed by atoms with van der Waals surface area (Å²) in [6.45, 7) is 4.09. The van der Waals surface area contributed by atoms with Gasteiger partial charge in [-0.05, 0) is 19.3 Å². The molecule has 0 spiro atoms. The van der Waals surface area contributed by atoms with Crippen LogP contribution in [0.4, 0.5) is 0 Å². The molecule has 0 saturated heterocycles. The molecule has 0 bridgehead atoms. The highest BCUT2D eigenvalue weighted by Crippen LogP contribution is 2.17. The molecule has 3 heteroatoms. The van der Waals surface area contributed by atoms with Crippen LogP contribution in [0.15, 0.2) is 0 Å². The molecule has 0 atom stereocenters. The Morgan fingerprint density at radius 2 is 0.585 bits per heavy atom. The van der Waals surface area contributed by atoms with Crippen LogP contribution >= 0.6 is 0 Å². The summed E-state index contributed by atoms with van der Waals surface area (Å²) in [5.41, 5.74) is 0. The Labute approximate surface area is 258 Å². The van der Waals surface area contributed by atoms with Crippen LogP contribution in [0.25, 0.3) is 0 Å². The van der Waals surface area contributed by atoms with E-state index >= 15 is 0 Å². The van der Waals surface area contributed by atoms with E-state index in [4.69, 9.17) is 9.84 Å². The van der Waals surface area contributed by atoms with E-state index in [1.54, 1.807) is 0 Å². The Balaban J connectivity index is 3.03. The summed E-state index contributed by atoms with van der Waals surface area (Å²) >= 11 is 0. The molecule has 0 aliphatic carbocycles. The van der Waals surface area contributed by atoms with Crippen LogP contribution in [0.3, 0.4) is 0 Å². The van der Waals surface area contributed by atoms with Crippen molar-refractivity contribution in [1.82, 2.24) is 0 Å². The second kappa shape index (κ2) is 37.5. The summed E-state index contributed by atoms with van der Waals surface area (Å²) in [6, 6.07) is 0. The van der Waals surface area contributed by atoms with E-state index in [1.807, 2.05) is 0 Å². The van der Waals surface area contributed by atoms with Gasteiger partial charge in [-0.2, -0.15) is 0 Å². The zero-order valence-corrected chi connectivity index (χ0v) is 28.2. The molecule has 3 nitrogen and oxygen atoms in total. The van der Waals surface area contributed by atoms with Gasteiger partial charge in [0.15, 0.2) is 0 Å². The van der Waals surface area contributed by atoms with Crippen molar-refractivity contribution in [2.24, 2.45) is 0 Å². The van der Waals surface area contributed by atoms with Crippen molar-refractivity contribution in [1.29, 1.82) is 0 Å². The van der Waals surface area contributed by atoms with Crippen LogP contribution in [0.1, 0.15) is 225 Å². The van der Waals surface area contributed by atoms with Crippen LogP contribution in [-0.2, 0) is 9.53 Å². The third kappa shape index (κ3) is 39.4. The van der Waals surface area contributed by atoms with Gasteiger partial charge in [0.05, 0.1) is 0 Å². The van der Waals surface area contributed by atoms with Crippen molar-refractivity contribution in [2.75, 3.05) is 13.2 Å². The SMILES string of the molecule is CCCOCCCCCCCCCCCCCCCCCCCCCCCCCCCCCCCCCCC(=O)O. The molecule has 246 valence electrons. The van der Waals surface area contributed by atoms with Gasteiger partial charge in [-0.15, -0.1) is 0 Å². The standard InChI is InChI=1S/C38H76O3/c1-2-36-41-37-34-32-30-28-26-24-22-20-18-16-14-12-10-8-6-4-3-5-7-9-11-13-15-17-19-21-23-25-27-29-31-33-35-38(39)40/h2-37H2,1H3,(H,39,40). The lowest BCUT2D eigenvalue weighted by Crippen LogP contribution is -1.95. The molecule has 0 aromatic rings. The Morgan fingerprint density at radius 1 is 0.366 bits per heavy atom. The van der Waals surface area contributed by atoms with Gasteiger partial charge in [-0.25, -0.2) is 0 Å². The summed E-state index contributed by atoms with van der Waals surface area (Å²) in [4.78, 5) is 10.5. The smallest absolute Gasteiger partial charge is 0.303 e. The summed E-state index contributed by atoms with van der Waals surface area (Å²) in [6.07, 6.45) is 46.1. The average molecular weight is 581 g/mol. The van der Waals surface area contributed by atoms with Gasteiger partial charge in [0, 0.05) is 19.6 Å². The molecule has 41 heavy (non-hydrogen) atoms. The lowest BCUT2D eigenvalue weighted by atomic mass is 10.0. The van der Waals surface area contributed by atoms with E-state index in [0.717, 1.165) is 32.5 Å². The van der Waals surface area contributed by atoms with E-state index in [2.05, 4.69) is 6.92 Å². The number of aliphatic carboxylic acids is 1. The third-order valence-electron chi connectivity index (χ3n) is 8.78. The van der Waals surface area contributed by atoms with Crippen molar-refractivity contribution in [3.05, 3.63) is 0 Å². The lowest BCUT2D eigenvalue weighted by molar-refractivity contribution is -0.137. The van der Waals surface area contributed by atoms with Crippen molar-refractivity contribution in [3.63, 3.8) is 0 Å². The van der Waals surface area contributed by atoms with Gasteiger partial charge in [0.25, 0.3) is 0 Å². The number of rotatable bonds is 37. The van der Waals surface area contributed by atoms with Crippen LogP contribution in [0.2, 0.25) is 0 Å². The topological polar surface area (TPSA) is 46.5 Å². The summed E-state index contributed by atoms with van der Waals surface area (Å²) < 4.78 is 5.55. The highest BCUT2D eigenvalue weighted by Gasteiger charge is 1.98. The molecule has 0 unspecified atom stereocenters. The van der Waals surface area contributed by atoms with Crippen molar-refractivity contribution >= 4 is 5.97 Å². The summed E-state index contributed by atoms with van der Waals surface area (Å²) in [5.74, 6) is -0.649. The van der Waals surface area contributed by atoms with E-state index in [1.165, 1.54) is 193 Å². The quantitative estimate of drug-likeness (QED) is 0.0743. The summed E-state index contributed by atoms with van der Waals surface area (Å²) in [7, 11) is 0. The second-order valence-corrected chi connectivity index (χ2v) is 13.1. The predicted octanol–water partition coefficient (Wildman–Crippen LogP) is 13.4. The molecule has 0 aliphatic rings. The molecule has 0 aromatic heterocycles.